The lowest BCUT2D eigenvalue weighted by Gasteiger charge is -2.27. The molecule has 0 radical (unpaired) electrons. The summed E-state index contributed by atoms with van der Waals surface area (Å²) >= 11 is 0. The van der Waals surface area contributed by atoms with Crippen LogP contribution in [0.4, 0.5) is 5.82 Å². The van der Waals surface area contributed by atoms with E-state index in [1.54, 1.807) is 6.20 Å². The standard InChI is InChI=1S/C13H18N4/c1-17(10-11-5-3-2-4-6-11)13-9-15-12(7-14)8-16-13/h8-9,11H,2-6,10H2,1H3. The summed E-state index contributed by atoms with van der Waals surface area (Å²) in [7, 11) is 2.05. The van der Waals surface area contributed by atoms with Crippen molar-refractivity contribution in [2.24, 2.45) is 5.92 Å². The van der Waals surface area contributed by atoms with Gasteiger partial charge in [0, 0.05) is 13.6 Å². The van der Waals surface area contributed by atoms with E-state index >= 15 is 0 Å². The third kappa shape index (κ3) is 3.16. The molecule has 4 nitrogen and oxygen atoms in total. The molecule has 0 amide bonds. The molecule has 0 saturated heterocycles. The van der Waals surface area contributed by atoms with E-state index in [-0.39, 0.29) is 0 Å². The van der Waals surface area contributed by atoms with Gasteiger partial charge in [-0.2, -0.15) is 5.26 Å². The van der Waals surface area contributed by atoms with E-state index in [2.05, 4.69) is 14.9 Å². The molecule has 0 spiro atoms. The Balaban J connectivity index is 1.94. The molecule has 0 aliphatic heterocycles. The van der Waals surface area contributed by atoms with Gasteiger partial charge >= 0.3 is 0 Å². The molecule has 4 heteroatoms. The van der Waals surface area contributed by atoms with Crippen LogP contribution in [0.5, 0.6) is 0 Å². The van der Waals surface area contributed by atoms with E-state index in [0.29, 0.717) is 5.69 Å². The smallest absolute Gasteiger partial charge is 0.158 e. The van der Waals surface area contributed by atoms with Crippen molar-refractivity contribution in [3.05, 3.63) is 18.1 Å². The minimum atomic E-state index is 0.375. The quantitative estimate of drug-likeness (QED) is 0.800. The number of rotatable bonds is 3. The third-order valence-electron chi connectivity index (χ3n) is 3.40. The van der Waals surface area contributed by atoms with E-state index in [1.807, 2.05) is 13.1 Å². The molecule has 0 N–H and O–H groups in total. The first-order valence-electron chi connectivity index (χ1n) is 6.23. The summed E-state index contributed by atoms with van der Waals surface area (Å²) in [6.07, 6.45) is 9.97. The summed E-state index contributed by atoms with van der Waals surface area (Å²) < 4.78 is 0. The molecule has 1 saturated carbocycles. The van der Waals surface area contributed by atoms with Crippen LogP contribution in [-0.2, 0) is 0 Å². The topological polar surface area (TPSA) is 52.8 Å². The summed E-state index contributed by atoms with van der Waals surface area (Å²) in [6.45, 7) is 1.04. The van der Waals surface area contributed by atoms with Gasteiger partial charge in [0.2, 0.25) is 0 Å². The highest BCUT2D eigenvalue weighted by Gasteiger charge is 2.16. The molecule has 1 aromatic heterocycles. The number of anilines is 1. The largest absolute Gasteiger partial charge is 0.358 e. The molecule has 0 atom stereocenters. The second-order valence-electron chi connectivity index (χ2n) is 4.76. The van der Waals surface area contributed by atoms with Crippen molar-refractivity contribution < 1.29 is 0 Å². The van der Waals surface area contributed by atoms with Crippen molar-refractivity contribution in [3.63, 3.8) is 0 Å². The van der Waals surface area contributed by atoms with Gasteiger partial charge in [0.15, 0.2) is 5.69 Å². The van der Waals surface area contributed by atoms with Crippen molar-refractivity contribution in [2.75, 3.05) is 18.5 Å². The van der Waals surface area contributed by atoms with Crippen LogP contribution in [0.25, 0.3) is 0 Å². The molecule has 2 rings (SSSR count). The fourth-order valence-corrected chi connectivity index (χ4v) is 2.43. The minimum Gasteiger partial charge on any atom is -0.358 e. The first kappa shape index (κ1) is 11.8. The number of hydrogen-bond donors (Lipinski definition) is 0. The SMILES string of the molecule is CN(CC1CCCCC1)c1cnc(C#N)cn1. The molecule has 1 aliphatic rings. The maximum Gasteiger partial charge on any atom is 0.158 e. The lowest BCUT2D eigenvalue weighted by Crippen LogP contribution is -2.27. The minimum absolute atomic E-state index is 0.375. The van der Waals surface area contributed by atoms with E-state index in [4.69, 9.17) is 5.26 Å². The highest BCUT2D eigenvalue weighted by molar-refractivity contribution is 5.36. The van der Waals surface area contributed by atoms with Crippen molar-refractivity contribution in [1.82, 2.24) is 9.97 Å². The Morgan fingerprint density at radius 2 is 2.06 bits per heavy atom. The molecule has 90 valence electrons. The second-order valence-corrected chi connectivity index (χ2v) is 4.76. The molecule has 1 aromatic rings. The Kier molecular flexibility index (Phi) is 3.92. The number of nitriles is 1. The highest BCUT2D eigenvalue weighted by atomic mass is 15.2. The fraction of sp³-hybridized carbons (Fsp3) is 0.615. The lowest BCUT2D eigenvalue weighted by atomic mass is 9.89. The molecule has 1 heterocycles. The maximum atomic E-state index is 8.66. The van der Waals surface area contributed by atoms with E-state index in [1.165, 1.54) is 38.3 Å². The van der Waals surface area contributed by atoms with Crippen molar-refractivity contribution >= 4 is 5.82 Å². The third-order valence-corrected chi connectivity index (χ3v) is 3.40. The Morgan fingerprint density at radius 1 is 1.29 bits per heavy atom. The zero-order chi connectivity index (χ0) is 12.1. The van der Waals surface area contributed by atoms with Crippen LogP contribution in [0.1, 0.15) is 37.8 Å². The van der Waals surface area contributed by atoms with Gasteiger partial charge in [-0.1, -0.05) is 19.3 Å². The van der Waals surface area contributed by atoms with Crippen LogP contribution >= 0.6 is 0 Å². The molecular formula is C13H18N4. The van der Waals surface area contributed by atoms with Crippen LogP contribution in [0.15, 0.2) is 12.4 Å². The summed E-state index contributed by atoms with van der Waals surface area (Å²) in [5.74, 6) is 1.64. The van der Waals surface area contributed by atoms with Crippen LogP contribution < -0.4 is 4.90 Å². The van der Waals surface area contributed by atoms with Gasteiger partial charge in [0.1, 0.15) is 11.9 Å². The molecule has 0 aromatic carbocycles. The predicted octanol–water partition coefficient (Wildman–Crippen LogP) is 2.36. The average molecular weight is 230 g/mol. The second kappa shape index (κ2) is 5.62. The van der Waals surface area contributed by atoms with Gasteiger partial charge in [-0.05, 0) is 18.8 Å². The van der Waals surface area contributed by atoms with Crippen LogP contribution in [0.3, 0.4) is 0 Å². The van der Waals surface area contributed by atoms with Gasteiger partial charge < -0.3 is 4.90 Å². The first-order chi connectivity index (χ1) is 8.29. The van der Waals surface area contributed by atoms with Crippen LogP contribution in [0.2, 0.25) is 0 Å². The van der Waals surface area contributed by atoms with Crippen molar-refractivity contribution in [3.8, 4) is 6.07 Å². The highest BCUT2D eigenvalue weighted by Crippen LogP contribution is 2.25. The van der Waals surface area contributed by atoms with Gasteiger partial charge in [-0.3, -0.25) is 0 Å². The van der Waals surface area contributed by atoms with Crippen LogP contribution in [0, 0.1) is 17.2 Å². The molecule has 0 bridgehead atoms. The monoisotopic (exact) mass is 230 g/mol. The Labute approximate surface area is 102 Å². The van der Waals surface area contributed by atoms with Gasteiger partial charge in [0.05, 0.1) is 12.4 Å². The van der Waals surface area contributed by atoms with Crippen LogP contribution in [-0.4, -0.2) is 23.6 Å². The predicted molar refractivity (Wildman–Crippen MR) is 66.6 cm³/mol. The molecule has 1 aliphatic carbocycles. The van der Waals surface area contributed by atoms with Gasteiger partial charge in [-0.15, -0.1) is 0 Å². The average Bonchev–Trinajstić information content (AvgIpc) is 2.40. The Morgan fingerprint density at radius 3 is 2.65 bits per heavy atom. The van der Waals surface area contributed by atoms with Gasteiger partial charge in [0.25, 0.3) is 0 Å². The zero-order valence-electron chi connectivity index (χ0n) is 10.3. The first-order valence-corrected chi connectivity index (χ1v) is 6.23. The lowest BCUT2D eigenvalue weighted by molar-refractivity contribution is 0.361. The number of hydrogen-bond acceptors (Lipinski definition) is 4. The van der Waals surface area contributed by atoms with E-state index in [9.17, 15) is 0 Å². The van der Waals surface area contributed by atoms with E-state index in [0.717, 1.165) is 18.3 Å². The number of nitrogens with zero attached hydrogens (tertiary/aromatic N) is 4. The summed E-state index contributed by atoms with van der Waals surface area (Å²) in [6, 6.07) is 1.98. The van der Waals surface area contributed by atoms with Gasteiger partial charge in [-0.25, -0.2) is 9.97 Å². The normalized spacial score (nSPS) is 16.5. The van der Waals surface area contributed by atoms with Crippen molar-refractivity contribution in [2.45, 2.75) is 32.1 Å². The zero-order valence-corrected chi connectivity index (χ0v) is 10.3. The Hall–Kier alpha value is -1.63. The summed E-state index contributed by atoms with van der Waals surface area (Å²) in [5, 5.41) is 8.66. The summed E-state index contributed by atoms with van der Waals surface area (Å²) in [5.41, 5.74) is 0.375. The number of aromatic nitrogens is 2. The molecular weight excluding hydrogens is 212 g/mol. The molecule has 1 fully saturated rings. The molecule has 0 unspecified atom stereocenters. The van der Waals surface area contributed by atoms with E-state index < -0.39 is 0 Å². The Bertz CT molecular complexity index is 387. The maximum absolute atomic E-state index is 8.66. The fourth-order valence-electron chi connectivity index (χ4n) is 2.43. The molecule has 17 heavy (non-hydrogen) atoms. The van der Waals surface area contributed by atoms with Crippen molar-refractivity contribution in [1.29, 1.82) is 5.26 Å². The summed E-state index contributed by atoms with van der Waals surface area (Å²) in [4.78, 5) is 10.4.